The molecular formula is C21H26N2O3. The van der Waals surface area contributed by atoms with E-state index < -0.39 is 5.60 Å². The van der Waals surface area contributed by atoms with E-state index in [-0.39, 0.29) is 17.8 Å². The van der Waals surface area contributed by atoms with E-state index in [9.17, 15) is 9.90 Å². The lowest BCUT2D eigenvalue weighted by atomic mass is 9.85. The Kier molecular flexibility index (Phi) is 4.68. The van der Waals surface area contributed by atoms with Crippen molar-refractivity contribution in [3.05, 3.63) is 34.7 Å². The highest BCUT2D eigenvalue weighted by molar-refractivity contribution is 6.10. The molecule has 5 heteroatoms. The minimum absolute atomic E-state index is 0.0483. The summed E-state index contributed by atoms with van der Waals surface area (Å²) in [5, 5.41) is 10.3. The number of hydrogen-bond acceptors (Lipinski definition) is 5. The standard InChI is InChI=1S/C21H26N2O3/c1-6-15-17(24)11-14-13-22-18(20(2,3)25)12-16(14)19(15)23-9-7-21(4,26-5)8-10-23/h1,12-13,25H,7-11H2,2-5H3. The van der Waals surface area contributed by atoms with Crippen molar-refractivity contribution in [2.45, 2.75) is 51.2 Å². The second-order valence-electron chi connectivity index (χ2n) is 7.89. The number of terminal acetylenes is 1. The van der Waals surface area contributed by atoms with Gasteiger partial charge in [-0.2, -0.15) is 0 Å². The van der Waals surface area contributed by atoms with Gasteiger partial charge in [-0.05, 0) is 45.2 Å². The van der Waals surface area contributed by atoms with Crippen LogP contribution < -0.4 is 0 Å². The van der Waals surface area contributed by atoms with Gasteiger partial charge in [-0.3, -0.25) is 9.78 Å². The second kappa shape index (κ2) is 6.53. The largest absolute Gasteiger partial charge is 0.384 e. The maximum absolute atomic E-state index is 12.6. The Morgan fingerprint density at radius 3 is 2.58 bits per heavy atom. The zero-order valence-corrected chi connectivity index (χ0v) is 15.9. The van der Waals surface area contributed by atoms with E-state index in [1.54, 1.807) is 27.2 Å². The van der Waals surface area contributed by atoms with Crippen molar-refractivity contribution in [1.29, 1.82) is 0 Å². The average Bonchev–Trinajstić information content (AvgIpc) is 2.60. The molecule has 0 spiro atoms. The van der Waals surface area contributed by atoms with Gasteiger partial charge in [0.2, 0.25) is 0 Å². The highest BCUT2D eigenvalue weighted by Crippen LogP contribution is 2.37. The van der Waals surface area contributed by atoms with Crippen molar-refractivity contribution in [3.8, 4) is 12.3 Å². The molecule has 1 aliphatic carbocycles. The molecular weight excluding hydrogens is 328 g/mol. The van der Waals surface area contributed by atoms with Gasteiger partial charge >= 0.3 is 0 Å². The third-order valence-electron chi connectivity index (χ3n) is 5.51. The van der Waals surface area contributed by atoms with Gasteiger partial charge in [0.15, 0.2) is 5.78 Å². The Bertz CT molecular complexity index is 804. The number of piperidine rings is 1. The fourth-order valence-corrected chi connectivity index (χ4v) is 3.59. The smallest absolute Gasteiger partial charge is 0.177 e. The zero-order chi connectivity index (χ0) is 19.1. The van der Waals surface area contributed by atoms with Gasteiger partial charge in [0.1, 0.15) is 5.60 Å². The number of allylic oxidation sites excluding steroid dienone is 1. The molecule has 0 radical (unpaired) electrons. The summed E-state index contributed by atoms with van der Waals surface area (Å²) < 4.78 is 5.63. The van der Waals surface area contributed by atoms with Gasteiger partial charge in [-0.25, -0.2) is 0 Å². The number of carbonyl (C=O) groups excluding carboxylic acids is 1. The van der Waals surface area contributed by atoms with Crippen LogP contribution in [0.25, 0.3) is 5.70 Å². The quantitative estimate of drug-likeness (QED) is 0.844. The fourth-order valence-electron chi connectivity index (χ4n) is 3.59. The molecule has 0 saturated carbocycles. The molecule has 1 aromatic rings. The molecule has 1 fully saturated rings. The van der Waals surface area contributed by atoms with Crippen molar-refractivity contribution >= 4 is 11.5 Å². The first-order valence-electron chi connectivity index (χ1n) is 8.95. The van der Waals surface area contributed by atoms with Crippen LogP contribution in [0.15, 0.2) is 17.8 Å². The highest BCUT2D eigenvalue weighted by atomic mass is 16.5. The number of ketones is 1. The minimum atomic E-state index is -1.06. The van der Waals surface area contributed by atoms with Gasteiger partial charge in [0, 0.05) is 38.4 Å². The molecule has 2 heterocycles. The molecule has 3 rings (SSSR count). The maximum atomic E-state index is 12.6. The lowest BCUT2D eigenvalue weighted by Gasteiger charge is -2.42. The van der Waals surface area contributed by atoms with E-state index in [0.29, 0.717) is 11.3 Å². The van der Waals surface area contributed by atoms with Gasteiger partial charge in [0.25, 0.3) is 0 Å². The van der Waals surface area contributed by atoms with Crippen LogP contribution in [-0.2, 0) is 21.6 Å². The number of methoxy groups -OCH3 is 1. The van der Waals surface area contributed by atoms with Crippen LogP contribution in [0.2, 0.25) is 0 Å². The van der Waals surface area contributed by atoms with E-state index in [4.69, 9.17) is 11.2 Å². The number of nitrogens with zero attached hydrogens (tertiary/aromatic N) is 2. The molecule has 0 bridgehead atoms. The second-order valence-corrected chi connectivity index (χ2v) is 7.89. The van der Waals surface area contributed by atoms with Gasteiger partial charge in [-0.1, -0.05) is 5.92 Å². The van der Waals surface area contributed by atoms with E-state index in [1.165, 1.54) is 0 Å². The van der Waals surface area contributed by atoms with E-state index in [2.05, 4.69) is 22.7 Å². The average molecular weight is 354 g/mol. The van der Waals surface area contributed by atoms with Crippen molar-refractivity contribution in [1.82, 2.24) is 9.88 Å². The van der Waals surface area contributed by atoms with Gasteiger partial charge in [0.05, 0.1) is 22.6 Å². The zero-order valence-electron chi connectivity index (χ0n) is 15.9. The molecule has 1 saturated heterocycles. The highest BCUT2D eigenvalue weighted by Gasteiger charge is 2.35. The molecule has 1 aromatic heterocycles. The van der Waals surface area contributed by atoms with Crippen LogP contribution in [0.4, 0.5) is 0 Å². The lowest BCUT2D eigenvalue weighted by Crippen LogP contribution is -2.44. The molecule has 1 N–H and O–H groups in total. The number of likely N-dealkylation sites (tertiary alicyclic amines) is 1. The summed E-state index contributed by atoms with van der Waals surface area (Å²) >= 11 is 0. The molecule has 5 nitrogen and oxygen atoms in total. The maximum Gasteiger partial charge on any atom is 0.177 e. The molecule has 0 atom stereocenters. The molecule has 138 valence electrons. The number of ether oxygens (including phenoxy) is 1. The van der Waals surface area contributed by atoms with Gasteiger partial charge in [-0.15, -0.1) is 6.42 Å². The van der Waals surface area contributed by atoms with E-state index in [1.807, 2.05) is 6.07 Å². The van der Waals surface area contributed by atoms with Crippen LogP contribution in [-0.4, -0.2) is 46.6 Å². The number of carbonyl (C=O) groups is 1. The number of aliphatic hydroxyl groups is 1. The van der Waals surface area contributed by atoms with Crippen LogP contribution in [0, 0.1) is 12.3 Å². The predicted molar refractivity (Wildman–Crippen MR) is 100 cm³/mol. The fraction of sp³-hybridized carbons (Fsp3) is 0.524. The minimum Gasteiger partial charge on any atom is -0.384 e. The summed E-state index contributed by atoms with van der Waals surface area (Å²) in [6.45, 7) is 7.03. The number of rotatable bonds is 3. The molecule has 0 unspecified atom stereocenters. The number of Topliss-reactive ketones (excluding diaryl/α,β-unsaturated/α-hetero) is 1. The molecule has 2 aliphatic rings. The lowest BCUT2D eigenvalue weighted by molar-refractivity contribution is -0.114. The topological polar surface area (TPSA) is 62.7 Å². The van der Waals surface area contributed by atoms with E-state index >= 15 is 0 Å². The first-order valence-corrected chi connectivity index (χ1v) is 8.95. The van der Waals surface area contributed by atoms with Gasteiger partial charge < -0.3 is 14.7 Å². The molecule has 0 aromatic carbocycles. The Morgan fingerprint density at radius 2 is 2.04 bits per heavy atom. The Morgan fingerprint density at radius 1 is 1.38 bits per heavy atom. The number of fused-ring (bicyclic) bond motifs is 1. The number of aromatic nitrogens is 1. The normalized spacial score (nSPS) is 20.0. The third kappa shape index (κ3) is 3.27. The summed E-state index contributed by atoms with van der Waals surface area (Å²) in [4.78, 5) is 19.1. The summed E-state index contributed by atoms with van der Waals surface area (Å²) in [7, 11) is 1.74. The first-order chi connectivity index (χ1) is 12.2. The van der Waals surface area contributed by atoms with Crippen molar-refractivity contribution in [3.63, 3.8) is 0 Å². The van der Waals surface area contributed by atoms with Crippen molar-refractivity contribution in [2.75, 3.05) is 20.2 Å². The van der Waals surface area contributed by atoms with E-state index in [0.717, 1.165) is 42.8 Å². The monoisotopic (exact) mass is 354 g/mol. The third-order valence-corrected chi connectivity index (χ3v) is 5.51. The first kappa shape index (κ1) is 18.6. The molecule has 0 amide bonds. The van der Waals surface area contributed by atoms with Crippen LogP contribution in [0.3, 0.4) is 0 Å². The Labute approximate surface area is 155 Å². The Balaban J connectivity index is 2.07. The summed E-state index contributed by atoms with van der Waals surface area (Å²) in [5.41, 5.74) is 2.34. The number of pyridine rings is 1. The summed E-state index contributed by atoms with van der Waals surface area (Å²) in [5.74, 6) is 2.56. The van der Waals surface area contributed by atoms with Crippen LogP contribution >= 0.6 is 0 Å². The molecule has 1 aliphatic heterocycles. The number of hydrogen-bond donors (Lipinski definition) is 1. The summed E-state index contributed by atoms with van der Waals surface area (Å²) in [6, 6.07) is 1.87. The van der Waals surface area contributed by atoms with Crippen LogP contribution in [0.5, 0.6) is 0 Å². The SMILES string of the molecule is C#CC1=C(N2CCC(C)(OC)CC2)c2cc(C(C)(C)O)ncc2CC1=O. The van der Waals surface area contributed by atoms with Crippen molar-refractivity contribution in [2.24, 2.45) is 0 Å². The predicted octanol–water partition coefficient (Wildman–Crippen LogP) is 2.28. The van der Waals surface area contributed by atoms with Crippen molar-refractivity contribution < 1.29 is 14.6 Å². The van der Waals surface area contributed by atoms with Crippen LogP contribution in [0.1, 0.15) is 50.4 Å². The molecule has 26 heavy (non-hydrogen) atoms. The Hall–Kier alpha value is -2.16. The summed E-state index contributed by atoms with van der Waals surface area (Å²) in [6.07, 6.45) is 9.37.